The van der Waals surface area contributed by atoms with Crippen LogP contribution in [0.4, 0.5) is 0 Å². The van der Waals surface area contributed by atoms with Crippen LogP contribution in [0.2, 0.25) is 0 Å². The molecule has 3 heterocycles. The number of aromatic nitrogens is 2. The maximum absolute atomic E-state index is 6.53. The predicted molar refractivity (Wildman–Crippen MR) is 208 cm³/mol. The third-order valence-electron chi connectivity index (χ3n) is 11.3. The maximum Gasteiger partial charge on any atom is 0.160 e. The highest BCUT2D eigenvalue weighted by Gasteiger charge is 2.43. The van der Waals surface area contributed by atoms with Crippen LogP contribution < -0.4 is 0 Å². The van der Waals surface area contributed by atoms with Gasteiger partial charge >= 0.3 is 0 Å². The van der Waals surface area contributed by atoms with Gasteiger partial charge in [-0.2, -0.15) is 0 Å². The minimum atomic E-state index is 0.140. The molecule has 9 aromatic rings. The molecule has 238 valence electrons. The number of nitrogens with zero attached hydrogens (tertiary/aromatic N) is 2. The molecule has 6 aromatic carbocycles. The normalized spacial score (nSPS) is 15.0. The molecule has 2 aliphatic rings. The highest BCUT2D eigenvalue weighted by molar-refractivity contribution is 7.26. The second-order valence-electron chi connectivity index (χ2n) is 14.0. The quantitative estimate of drug-likeness (QED) is 0.189. The minimum Gasteiger partial charge on any atom is -0.456 e. The summed E-state index contributed by atoms with van der Waals surface area (Å²) in [4.78, 5) is 10.4. The zero-order chi connectivity index (χ0) is 32.8. The average Bonchev–Trinajstić information content (AvgIpc) is 3.83. The largest absolute Gasteiger partial charge is 0.456 e. The first kappa shape index (κ1) is 28.3. The molecule has 3 aromatic heterocycles. The highest BCUT2D eigenvalue weighted by atomic mass is 32.1. The molecule has 2 aliphatic carbocycles. The van der Waals surface area contributed by atoms with Crippen LogP contribution in [0.5, 0.6) is 0 Å². The first-order chi connectivity index (χ1) is 24.7. The third-order valence-corrected chi connectivity index (χ3v) is 12.5. The molecule has 11 rings (SSSR count). The Morgan fingerprint density at radius 2 is 1.28 bits per heavy atom. The fourth-order valence-corrected chi connectivity index (χ4v) is 10.1. The highest BCUT2D eigenvalue weighted by Crippen LogP contribution is 2.56. The number of thiophene rings is 1. The fraction of sp³-hybridized carbons (Fsp3) is 0.130. The Morgan fingerprint density at radius 3 is 2.20 bits per heavy atom. The summed E-state index contributed by atoms with van der Waals surface area (Å²) in [6.07, 6.45) is 6.39. The van der Waals surface area contributed by atoms with Gasteiger partial charge in [-0.25, -0.2) is 9.97 Å². The number of hydrogen-bond acceptors (Lipinski definition) is 4. The first-order valence-corrected chi connectivity index (χ1v) is 18.5. The Bertz CT molecular complexity index is 2800. The smallest absolute Gasteiger partial charge is 0.160 e. The summed E-state index contributed by atoms with van der Waals surface area (Å²) < 4.78 is 8.87. The van der Waals surface area contributed by atoms with Gasteiger partial charge in [-0.1, -0.05) is 110 Å². The monoisotopic (exact) mass is 660 g/mol. The molecule has 1 saturated carbocycles. The summed E-state index contributed by atoms with van der Waals surface area (Å²) in [5.41, 5.74) is 14.3. The van der Waals surface area contributed by atoms with Crippen LogP contribution in [-0.2, 0) is 5.41 Å². The van der Waals surface area contributed by atoms with E-state index >= 15 is 0 Å². The van der Waals surface area contributed by atoms with Gasteiger partial charge in [0.25, 0.3) is 0 Å². The van der Waals surface area contributed by atoms with Crippen molar-refractivity contribution in [3.05, 3.63) is 145 Å². The van der Waals surface area contributed by atoms with E-state index in [1.165, 1.54) is 75.6 Å². The molecule has 4 heteroatoms. The molecule has 0 unspecified atom stereocenters. The topological polar surface area (TPSA) is 38.9 Å². The van der Waals surface area contributed by atoms with Gasteiger partial charge in [-0.05, 0) is 88.7 Å². The minimum absolute atomic E-state index is 0.140. The molecule has 0 bridgehead atoms. The van der Waals surface area contributed by atoms with Crippen LogP contribution in [0.1, 0.15) is 43.2 Å². The van der Waals surface area contributed by atoms with Crippen molar-refractivity contribution in [2.24, 2.45) is 0 Å². The lowest BCUT2D eigenvalue weighted by Gasteiger charge is -2.36. The fourth-order valence-electron chi connectivity index (χ4n) is 8.94. The molecule has 0 saturated heterocycles. The van der Waals surface area contributed by atoms with Crippen molar-refractivity contribution in [1.29, 1.82) is 0 Å². The van der Waals surface area contributed by atoms with Gasteiger partial charge in [0.1, 0.15) is 11.2 Å². The van der Waals surface area contributed by atoms with Gasteiger partial charge in [0.2, 0.25) is 0 Å². The van der Waals surface area contributed by atoms with Crippen LogP contribution >= 0.6 is 11.3 Å². The van der Waals surface area contributed by atoms with E-state index in [-0.39, 0.29) is 5.41 Å². The van der Waals surface area contributed by atoms with Crippen molar-refractivity contribution in [3.63, 3.8) is 0 Å². The van der Waals surface area contributed by atoms with E-state index in [9.17, 15) is 0 Å². The van der Waals surface area contributed by atoms with Crippen molar-refractivity contribution in [1.82, 2.24) is 9.97 Å². The second kappa shape index (κ2) is 10.7. The summed E-state index contributed by atoms with van der Waals surface area (Å²) in [5, 5.41) is 3.35. The molecule has 1 fully saturated rings. The number of furan rings is 1. The molecule has 0 radical (unpaired) electrons. The number of benzene rings is 6. The Labute approximate surface area is 293 Å². The Kier molecular flexibility index (Phi) is 6.06. The predicted octanol–water partition coefficient (Wildman–Crippen LogP) is 13.0. The van der Waals surface area contributed by atoms with E-state index in [1.54, 1.807) is 11.3 Å². The summed E-state index contributed by atoms with van der Waals surface area (Å²) in [7, 11) is 0. The summed E-state index contributed by atoms with van der Waals surface area (Å²) in [5.74, 6) is 0.726. The lowest BCUT2D eigenvalue weighted by molar-refractivity contribution is 0.353. The Hall–Kier alpha value is -5.58. The molecule has 3 nitrogen and oxygen atoms in total. The Morgan fingerprint density at radius 1 is 0.520 bits per heavy atom. The van der Waals surface area contributed by atoms with Crippen LogP contribution in [-0.4, -0.2) is 9.97 Å². The lowest BCUT2D eigenvalue weighted by atomic mass is 9.67. The van der Waals surface area contributed by atoms with Gasteiger partial charge in [0, 0.05) is 37.4 Å². The van der Waals surface area contributed by atoms with Crippen molar-refractivity contribution in [3.8, 4) is 44.9 Å². The van der Waals surface area contributed by atoms with E-state index in [4.69, 9.17) is 14.4 Å². The number of fused-ring (bicyclic) bond motifs is 11. The molecular formula is C46H32N2OS. The molecule has 50 heavy (non-hydrogen) atoms. The summed E-state index contributed by atoms with van der Waals surface area (Å²) in [6.45, 7) is 0. The van der Waals surface area contributed by atoms with Gasteiger partial charge in [-0.15, -0.1) is 11.3 Å². The first-order valence-electron chi connectivity index (χ1n) is 17.7. The van der Waals surface area contributed by atoms with E-state index in [0.717, 1.165) is 54.8 Å². The van der Waals surface area contributed by atoms with Crippen LogP contribution in [0.25, 0.3) is 87.1 Å². The van der Waals surface area contributed by atoms with E-state index < -0.39 is 0 Å². The molecule has 0 atom stereocenters. The van der Waals surface area contributed by atoms with Crippen LogP contribution in [0.15, 0.2) is 138 Å². The molecule has 1 spiro atoms. The van der Waals surface area contributed by atoms with Crippen molar-refractivity contribution in [2.75, 3.05) is 0 Å². The molecule has 0 amide bonds. The zero-order valence-corrected chi connectivity index (χ0v) is 28.3. The molecular weight excluding hydrogens is 629 g/mol. The standard InChI is InChI=1S/C46H32N2OS/c1-3-11-28(12-4-1)42-44-43(35-14-6-8-16-41(35)50-44)48-45(47-42)31-19-22-39-36(25-31)34-21-18-30(27-40(34)49-39)29-17-20-33-32-13-5-7-15-37(32)46(38(33)26-29)23-9-2-10-24-46/h1,3-8,11-22,25-27H,2,9-10,23-24H2. The van der Waals surface area contributed by atoms with Crippen molar-refractivity contribution in [2.45, 2.75) is 37.5 Å². The average molecular weight is 661 g/mol. The van der Waals surface area contributed by atoms with Gasteiger partial charge in [-0.3, -0.25) is 0 Å². The van der Waals surface area contributed by atoms with E-state index in [1.807, 2.05) is 6.07 Å². The van der Waals surface area contributed by atoms with E-state index in [2.05, 4.69) is 127 Å². The van der Waals surface area contributed by atoms with Gasteiger partial charge in [0.05, 0.1) is 15.9 Å². The van der Waals surface area contributed by atoms with Crippen molar-refractivity contribution < 1.29 is 4.42 Å². The third kappa shape index (κ3) is 4.09. The summed E-state index contributed by atoms with van der Waals surface area (Å²) >= 11 is 1.76. The second-order valence-corrected chi connectivity index (χ2v) is 15.1. The molecule has 0 N–H and O–H groups in total. The van der Waals surface area contributed by atoms with Crippen molar-refractivity contribution >= 4 is 53.6 Å². The number of rotatable bonds is 3. The van der Waals surface area contributed by atoms with Gasteiger partial charge < -0.3 is 4.42 Å². The lowest BCUT2D eigenvalue weighted by Crippen LogP contribution is -2.28. The Balaban J connectivity index is 1.03. The maximum atomic E-state index is 6.53. The summed E-state index contributed by atoms with van der Waals surface area (Å²) in [6, 6.07) is 48.3. The van der Waals surface area contributed by atoms with Crippen LogP contribution in [0.3, 0.4) is 0 Å². The van der Waals surface area contributed by atoms with Crippen LogP contribution in [0, 0.1) is 0 Å². The van der Waals surface area contributed by atoms with Gasteiger partial charge in [0.15, 0.2) is 5.82 Å². The number of hydrogen-bond donors (Lipinski definition) is 0. The zero-order valence-electron chi connectivity index (χ0n) is 27.4. The molecule has 0 aliphatic heterocycles. The SMILES string of the molecule is c1ccc(-c2nc(-c3ccc4oc5cc(-c6ccc7c(c6)C6(CCCCC6)c6ccccc6-7)ccc5c4c3)nc3c2sc2ccccc23)cc1. The van der Waals surface area contributed by atoms with E-state index in [0.29, 0.717) is 0 Å².